The number of imide groups is 1. The first-order valence-corrected chi connectivity index (χ1v) is 12.0. The van der Waals surface area contributed by atoms with E-state index in [4.69, 9.17) is 16.3 Å². The number of anilines is 1. The van der Waals surface area contributed by atoms with Crippen molar-refractivity contribution in [2.24, 2.45) is 11.8 Å². The van der Waals surface area contributed by atoms with Crippen molar-refractivity contribution in [3.05, 3.63) is 52.5 Å². The summed E-state index contributed by atoms with van der Waals surface area (Å²) in [6.07, 6.45) is 1.69. The molecule has 10 heteroatoms. The molecule has 3 saturated heterocycles. The lowest BCUT2D eigenvalue weighted by Gasteiger charge is -2.30. The zero-order valence-electron chi connectivity index (χ0n) is 18.7. The molecular weight excluding hydrogens is 474 g/mol. The smallest absolute Gasteiger partial charge is 0.250 e. The molecule has 4 aliphatic heterocycles. The number of halogens is 1. The van der Waals surface area contributed by atoms with Crippen molar-refractivity contribution >= 4 is 35.0 Å². The fourth-order valence-corrected chi connectivity index (χ4v) is 6.37. The molecule has 4 aliphatic rings. The van der Waals surface area contributed by atoms with E-state index in [0.717, 1.165) is 12.8 Å². The number of hydrogen-bond donors (Lipinski definition) is 4. The molecule has 0 saturated carbocycles. The van der Waals surface area contributed by atoms with Crippen molar-refractivity contribution in [1.29, 1.82) is 0 Å². The molecule has 3 fully saturated rings. The van der Waals surface area contributed by atoms with Gasteiger partial charge in [-0.3, -0.25) is 24.6 Å². The number of fused-ring (bicyclic) bond motifs is 4. The molecule has 0 bridgehead atoms. The molecule has 2 aromatic rings. The van der Waals surface area contributed by atoms with E-state index < -0.39 is 35.2 Å². The van der Waals surface area contributed by atoms with Crippen LogP contribution in [-0.4, -0.2) is 58.1 Å². The Hall–Kier alpha value is -3.14. The number of hydrogen-bond acceptors (Lipinski definition) is 7. The van der Waals surface area contributed by atoms with Crippen LogP contribution in [0.1, 0.15) is 24.0 Å². The minimum atomic E-state index is -1.45. The minimum Gasteiger partial charge on any atom is -0.504 e. The van der Waals surface area contributed by atoms with Gasteiger partial charge in [0.05, 0.1) is 35.2 Å². The van der Waals surface area contributed by atoms with Gasteiger partial charge in [0.2, 0.25) is 17.7 Å². The summed E-state index contributed by atoms with van der Waals surface area (Å²) in [6, 6.07) is 8.98. The Labute approximate surface area is 206 Å². The SMILES string of the molecule is O=C1[C@H]2[C@H](Cc3ccc(O)c(O)c3)N[C@@]3(C(=O)Nc4c(Cl)cccc43)[C@H]2C(=O)N1C[C@H]1CCCO1. The highest BCUT2D eigenvalue weighted by Gasteiger charge is 2.70. The van der Waals surface area contributed by atoms with Gasteiger partial charge in [-0.15, -0.1) is 0 Å². The zero-order valence-corrected chi connectivity index (χ0v) is 19.4. The van der Waals surface area contributed by atoms with Gasteiger partial charge in [0.25, 0.3) is 0 Å². The molecule has 4 N–H and O–H groups in total. The molecule has 182 valence electrons. The number of aromatic hydroxyl groups is 2. The number of phenols is 2. The number of para-hydroxylation sites is 1. The highest BCUT2D eigenvalue weighted by molar-refractivity contribution is 6.35. The second-order valence-corrected chi connectivity index (χ2v) is 10.0. The summed E-state index contributed by atoms with van der Waals surface area (Å²) in [4.78, 5) is 42.3. The van der Waals surface area contributed by atoms with Crippen molar-refractivity contribution in [3.8, 4) is 11.5 Å². The van der Waals surface area contributed by atoms with Crippen molar-refractivity contribution in [2.75, 3.05) is 18.5 Å². The van der Waals surface area contributed by atoms with E-state index in [1.807, 2.05) is 0 Å². The Morgan fingerprint density at radius 3 is 2.69 bits per heavy atom. The molecule has 4 heterocycles. The molecule has 0 radical (unpaired) electrons. The van der Waals surface area contributed by atoms with Crippen LogP contribution < -0.4 is 10.6 Å². The van der Waals surface area contributed by atoms with Crippen molar-refractivity contribution in [3.63, 3.8) is 0 Å². The van der Waals surface area contributed by atoms with Crippen molar-refractivity contribution in [2.45, 2.75) is 36.9 Å². The first-order valence-electron chi connectivity index (χ1n) is 11.7. The number of carbonyl (C=O) groups is 3. The molecule has 5 atom stereocenters. The summed E-state index contributed by atoms with van der Waals surface area (Å²) >= 11 is 6.37. The molecular formula is C25H24ClN3O6. The Bertz CT molecular complexity index is 1260. The minimum absolute atomic E-state index is 0.164. The van der Waals surface area contributed by atoms with Crippen LogP contribution in [0.4, 0.5) is 5.69 Å². The summed E-state index contributed by atoms with van der Waals surface area (Å²) in [5.41, 5.74) is 0.176. The van der Waals surface area contributed by atoms with E-state index in [1.54, 1.807) is 24.3 Å². The third-order valence-electron chi connectivity index (χ3n) is 7.70. The van der Waals surface area contributed by atoms with Gasteiger partial charge >= 0.3 is 0 Å². The molecule has 3 amide bonds. The van der Waals surface area contributed by atoms with E-state index in [1.165, 1.54) is 17.0 Å². The van der Waals surface area contributed by atoms with Gasteiger partial charge in [0.1, 0.15) is 5.54 Å². The van der Waals surface area contributed by atoms with Crippen LogP contribution in [0.2, 0.25) is 5.02 Å². The number of likely N-dealkylation sites (tertiary alicyclic amines) is 1. The van der Waals surface area contributed by atoms with Crippen molar-refractivity contribution < 1.29 is 29.3 Å². The Morgan fingerprint density at radius 1 is 1.11 bits per heavy atom. The van der Waals surface area contributed by atoms with Gasteiger partial charge < -0.3 is 20.3 Å². The van der Waals surface area contributed by atoms with Crippen LogP contribution in [0.5, 0.6) is 11.5 Å². The van der Waals surface area contributed by atoms with Crippen LogP contribution in [0.3, 0.4) is 0 Å². The average Bonchev–Trinajstić information content (AvgIpc) is 3.57. The van der Waals surface area contributed by atoms with Gasteiger partial charge in [0, 0.05) is 18.2 Å². The maximum absolute atomic E-state index is 13.8. The average molecular weight is 498 g/mol. The maximum Gasteiger partial charge on any atom is 0.250 e. The molecule has 9 nitrogen and oxygen atoms in total. The highest BCUT2D eigenvalue weighted by Crippen LogP contribution is 2.54. The third kappa shape index (κ3) is 3.18. The van der Waals surface area contributed by atoms with Crippen LogP contribution in [0.25, 0.3) is 0 Å². The topological polar surface area (TPSA) is 128 Å². The summed E-state index contributed by atoms with van der Waals surface area (Å²) in [6.45, 7) is 0.762. The third-order valence-corrected chi connectivity index (χ3v) is 8.01. The lowest BCUT2D eigenvalue weighted by molar-refractivity contribution is -0.144. The van der Waals surface area contributed by atoms with Crippen molar-refractivity contribution in [1.82, 2.24) is 10.2 Å². The molecule has 6 rings (SSSR count). The van der Waals surface area contributed by atoms with Gasteiger partial charge in [-0.2, -0.15) is 0 Å². The Balaban J connectivity index is 1.43. The molecule has 2 aromatic carbocycles. The normalized spacial score (nSPS) is 31.3. The summed E-state index contributed by atoms with van der Waals surface area (Å²) < 4.78 is 5.68. The standard InChI is InChI=1S/C25H24ClN3O6/c26-15-5-1-4-14-21(15)27-24(34)25(14)20-19(16(28-25)9-12-6-7-17(30)18(31)10-12)22(32)29(23(20)33)11-13-3-2-8-35-13/h1,4-7,10,13,16,19-20,28,30-31H,2-3,8-9,11H2,(H,27,34)/t13-,16+,19+,20-,25-/m1/s1. The maximum atomic E-state index is 13.8. The van der Waals surface area contributed by atoms with E-state index in [-0.39, 0.29) is 36.5 Å². The van der Waals surface area contributed by atoms with Crippen LogP contribution in [0.15, 0.2) is 36.4 Å². The fraction of sp³-hybridized carbons (Fsp3) is 0.400. The number of benzene rings is 2. The first-order chi connectivity index (χ1) is 16.8. The number of nitrogens with zero attached hydrogens (tertiary/aromatic N) is 1. The lowest BCUT2D eigenvalue weighted by atomic mass is 9.76. The monoisotopic (exact) mass is 497 g/mol. The van der Waals surface area contributed by atoms with E-state index in [9.17, 15) is 24.6 Å². The zero-order chi connectivity index (χ0) is 24.5. The molecule has 1 spiro atoms. The summed E-state index contributed by atoms with van der Waals surface area (Å²) in [7, 11) is 0. The van der Waals surface area contributed by atoms with Gasteiger partial charge in [-0.05, 0) is 43.0 Å². The highest BCUT2D eigenvalue weighted by atomic mass is 35.5. The number of phenolic OH excluding ortho intramolecular Hbond substituents is 2. The predicted octanol–water partition coefficient (Wildman–Crippen LogP) is 1.89. The predicted molar refractivity (Wildman–Crippen MR) is 125 cm³/mol. The van der Waals surface area contributed by atoms with Gasteiger partial charge in [0.15, 0.2) is 11.5 Å². The van der Waals surface area contributed by atoms with Crippen LogP contribution >= 0.6 is 11.6 Å². The molecule has 0 aliphatic carbocycles. The number of ether oxygens (including phenoxy) is 1. The van der Waals surface area contributed by atoms with Crippen LogP contribution in [-0.2, 0) is 31.1 Å². The summed E-state index contributed by atoms with van der Waals surface area (Å²) in [5, 5.41) is 26.2. The quantitative estimate of drug-likeness (QED) is 0.375. The van der Waals surface area contributed by atoms with Gasteiger partial charge in [-0.1, -0.05) is 29.8 Å². The van der Waals surface area contributed by atoms with Gasteiger partial charge in [-0.25, -0.2) is 0 Å². The number of nitrogens with one attached hydrogen (secondary N) is 2. The van der Waals surface area contributed by atoms with E-state index in [0.29, 0.717) is 28.4 Å². The fourth-order valence-electron chi connectivity index (χ4n) is 6.15. The second kappa shape index (κ2) is 7.94. The number of carbonyl (C=O) groups excluding carboxylic acids is 3. The Morgan fingerprint density at radius 2 is 1.94 bits per heavy atom. The molecule has 0 unspecified atom stereocenters. The molecule has 0 aromatic heterocycles. The van der Waals surface area contributed by atoms with E-state index in [2.05, 4.69) is 10.6 Å². The first kappa shape index (κ1) is 22.3. The summed E-state index contributed by atoms with van der Waals surface area (Å²) in [5.74, 6) is -3.44. The van der Waals surface area contributed by atoms with E-state index >= 15 is 0 Å². The lowest BCUT2D eigenvalue weighted by Crippen LogP contribution is -2.54. The Kier molecular flexibility index (Phi) is 5.07. The largest absolute Gasteiger partial charge is 0.504 e. The van der Waals surface area contributed by atoms with Crippen LogP contribution in [0, 0.1) is 11.8 Å². The number of amides is 3. The second-order valence-electron chi connectivity index (χ2n) is 9.63. The number of rotatable bonds is 4. The molecule has 35 heavy (non-hydrogen) atoms.